The zero-order valence-electron chi connectivity index (χ0n) is 22.8. The molecule has 0 atom stereocenters. The minimum Gasteiger partial charge on any atom is -0.494 e. The van der Waals surface area contributed by atoms with Crippen molar-refractivity contribution in [1.29, 1.82) is 0 Å². The lowest BCUT2D eigenvalue weighted by Gasteiger charge is -2.11. The van der Waals surface area contributed by atoms with Crippen molar-refractivity contribution >= 4 is 34.1 Å². The van der Waals surface area contributed by atoms with Gasteiger partial charge in [0.1, 0.15) is 5.75 Å². The Morgan fingerprint density at radius 2 is 1.50 bits per heavy atom. The molecule has 1 amide bonds. The first-order chi connectivity index (χ1) is 19.0. The normalized spacial score (nSPS) is 10.1. The maximum absolute atomic E-state index is 12.4. The lowest BCUT2D eigenvalue weighted by atomic mass is 10.0. The van der Waals surface area contributed by atoms with Crippen LogP contribution < -0.4 is 10.1 Å². The fourth-order valence-electron chi connectivity index (χ4n) is 3.85. The Balaban J connectivity index is 0.000000559. The molecule has 5 aromatic rings. The number of benzene rings is 3. The molecule has 40 heavy (non-hydrogen) atoms. The monoisotopic (exact) mass is 571 g/mol. The zero-order valence-corrected chi connectivity index (χ0v) is 24.4. The maximum Gasteiger partial charge on any atom is 0.257 e. The van der Waals surface area contributed by atoms with E-state index in [1.807, 2.05) is 53.9 Å². The lowest BCUT2D eigenvalue weighted by molar-refractivity contribution is 0.102. The van der Waals surface area contributed by atoms with Gasteiger partial charge < -0.3 is 10.2 Å². The van der Waals surface area contributed by atoms with Crippen LogP contribution in [0.4, 0.5) is 5.13 Å². The summed E-state index contributed by atoms with van der Waals surface area (Å²) in [4.78, 5) is 23.4. The molecule has 0 saturated carbocycles. The zero-order chi connectivity index (χ0) is 27.5. The Morgan fingerprint density at radius 3 is 2.08 bits per heavy atom. The SMILES string of the molecule is CCCOc1ccc(Sc2cc(C)c(-c3csc(NC(=O)c4ccncc4)n3)c(C)c2)cc1.O.c1ccccc1. The van der Waals surface area contributed by atoms with Crippen molar-refractivity contribution in [2.24, 2.45) is 0 Å². The van der Waals surface area contributed by atoms with E-state index >= 15 is 0 Å². The molecule has 5 rings (SSSR count). The van der Waals surface area contributed by atoms with E-state index < -0.39 is 0 Å². The predicted molar refractivity (Wildman–Crippen MR) is 166 cm³/mol. The average molecular weight is 572 g/mol. The Kier molecular flexibility index (Phi) is 11.9. The van der Waals surface area contributed by atoms with E-state index in [-0.39, 0.29) is 11.4 Å². The van der Waals surface area contributed by atoms with Crippen molar-refractivity contribution in [1.82, 2.24) is 9.97 Å². The highest BCUT2D eigenvalue weighted by atomic mass is 32.2. The molecular weight excluding hydrogens is 539 g/mol. The first-order valence-corrected chi connectivity index (χ1v) is 14.4. The van der Waals surface area contributed by atoms with Gasteiger partial charge in [0.25, 0.3) is 5.91 Å². The van der Waals surface area contributed by atoms with E-state index in [0.29, 0.717) is 10.7 Å². The third kappa shape index (κ3) is 8.77. The third-order valence-electron chi connectivity index (χ3n) is 5.63. The molecule has 0 aliphatic carbocycles. The second kappa shape index (κ2) is 15.6. The van der Waals surface area contributed by atoms with Crippen LogP contribution in [0.5, 0.6) is 5.75 Å². The highest BCUT2D eigenvalue weighted by Crippen LogP contribution is 2.36. The number of aromatic nitrogens is 2. The molecular formula is C32H33N3O3S2. The molecule has 206 valence electrons. The number of thiazole rings is 1. The molecule has 0 saturated heterocycles. The predicted octanol–water partition coefficient (Wildman–Crippen LogP) is 7.88. The smallest absolute Gasteiger partial charge is 0.257 e. The second-order valence-electron chi connectivity index (χ2n) is 8.74. The molecule has 6 nitrogen and oxygen atoms in total. The Labute approximate surface area is 243 Å². The molecule has 0 radical (unpaired) electrons. The van der Waals surface area contributed by atoms with Gasteiger partial charge in [-0.05, 0) is 79.9 Å². The Bertz CT molecular complexity index is 1430. The molecule has 2 aromatic heterocycles. The minimum atomic E-state index is -0.190. The van der Waals surface area contributed by atoms with Crippen LogP contribution in [0.15, 0.2) is 112 Å². The van der Waals surface area contributed by atoms with Crippen LogP contribution in [0.25, 0.3) is 11.3 Å². The first-order valence-electron chi connectivity index (χ1n) is 12.7. The maximum atomic E-state index is 12.4. The van der Waals surface area contributed by atoms with Crippen LogP contribution in [0.3, 0.4) is 0 Å². The summed E-state index contributed by atoms with van der Waals surface area (Å²) in [6, 6.07) is 27.9. The molecule has 0 aliphatic rings. The summed E-state index contributed by atoms with van der Waals surface area (Å²) in [5.41, 5.74) is 4.83. The summed E-state index contributed by atoms with van der Waals surface area (Å²) < 4.78 is 5.67. The van der Waals surface area contributed by atoms with Gasteiger partial charge in [-0.2, -0.15) is 0 Å². The van der Waals surface area contributed by atoms with E-state index in [1.165, 1.54) is 21.1 Å². The fourth-order valence-corrected chi connectivity index (χ4v) is 5.56. The van der Waals surface area contributed by atoms with Crippen molar-refractivity contribution < 1.29 is 15.0 Å². The van der Waals surface area contributed by atoms with Crippen LogP contribution >= 0.6 is 23.1 Å². The van der Waals surface area contributed by atoms with Crippen LogP contribution in [0.1, 0.15) is 34.8 Å². The van der Waals surface area contributed by atoms with Crippen LogP contribution in [-0.4, -0.2) is 28.0 Å². The molecule has 0 aliphatic heterocycles. The number of anilines is 1. The summed E-state index contributed by atoms with van der Waals surface area (Å²) in [7, 11) is 0. The Morgan fingerprint density at radius 1 is 0.900 bits per heavy atom. The number of pyridine rings is 1. The van der Waals surface area contributed by atoms with Crippen LogP contribution in [0, 0.1) is 13.8 Å². The van der Waals surface area contributed by atoms with Gasteiger partial charge in [-0.25, -0.2) is 4.98 Å². The summed E-state index contributed by atoms with van der Waals surface area (Å²) in [6.07, 6.45) is 4.20. The number of amides is 1. The number of nitrogens with one attached hydrogen (secondary N) is 1. The topological polar surface area (TPSA) is 95.6 Å². The van der Waals surface area contributed by atoms with Crippen LogP contribution in [-0.2, 0) is 0 Å². The van der Waals surface area contributed by atoms with E-state index in [2.05, 4.69) is 60.3 Å². The fraction of sp³-hybridized carbons (Fsp3) is 0.156. The third-order valence-corrected chi connectivity index (χ3v) is 7.37. The summed E-state index contributed by atoms with van der Waals surface area (Å²) in [5.74, 6) is 0.712. The van der Waals surface area contributed by atoms with E-state index in [4.69, 9.17) is 4.74 Å². The molecule has 2 heterocycles. The number of rotatable bonds is 8. The standard InChI is InChI=1S/C26H25N3O2S2.C6H6.H2O/c1-4-13-31-20-5-7-21(8-6-20)33-22-14-17(2)24(18(3)15-22)23-16-32-26(28-23)29-25(30)19-9-11-27-12-10-19;1-2-4-6-5-3-1;/h5-12,14-16H,4,13H2,1-3H3,(H,28,29,30);1-6H;1H2. The quantitative estimate of drug-likeness (QED) is 0.204. The summed E-state index contributed by atoms with van der Waals surface area (Å²) >= 11 is 3.15. The molecule has 0 fully saturated rings. The van der Waals surface area contributed by atoms with Crippen molar-refractivity contribution in [2.45, 2.75) is 37.0 Å². The molecule has 8 heteroatoms. The Hall–Kier alpha value is -3.98. The minimum absolute atomic E-state index is 0. The van der Waals surface area contributed by atoms with E-state index in [1.54, 1.807) is 36.3 Å². The lowest BCUT2D eigenvalue weighted by Crippen LogP contribution is -2.11. The second-order valence-corrected chi connectivity index (χ2v) is 10.7. The van der Waals surface area contributed by atoms with Gasteiger partial charge in [-0.15, -0.1) is 11.3 Å². The van der Waals surface area contributed by atoms with Gasteiger partial charge in [0.15, 0.2) is 5.13 Å². The number of hydrogen-bond donors (Lipinski definition) is 1. The molecule has 3 N–H and O–H groups in total. The number of aryl methyl sites for hydroxylation is 2. The number of ether oxygens (including phenoxy) is 1. The highest BCUT2D eigenvalue weighted by Gasteiger charge is 2.14. The number of hydrogen-bond acceptors (Lipinski definition) is 6. The first kappa shape index (κ1) is 30.6. The van der Waals surface area contributed by atoms with Gasteiger partial charge in [0.05, 0.1) is 12.3 Å². The van der Waals surface area contributed by atoms with Crippen molar-refractivity contribution in [3.05, 3.63) is 119 Å². The molecule has 0 bridgehead atoms. The van der Waals surface area contributed by atoms with Gasteiger partial charge in [-0.3, -0.25) is 15.1 Å². The van der Waals surface area contributed by atoms with Crippen molar-refractivity contribution in [3.8, 4) is 17.0 Å². The van der Waals surface area contributed by atoms with Gasteiger partial charge >= 0.3 is 0 Å². The van der Waals surface area contributed by atoms with E-state index in [0.717, 1.165) is 41.2 Å². The summed E-state index contributed by atoms with van der Waals surface area (Å²) in [5, 5.41) is 5.44. The molecule has 0 unspecified atom stereocenters. The van der Waals surface area contributed by atoms with E-state index in [9.17, 15) is 4.79 Å². The summed E-state index contributed by atoms with van der Waals surface area (Å²) in [6.45, 7) is 7.03. The van der Waals surface area contributed by atoms with Gasteiger partial charge in [0.2, 0.25) is 0 Å². The largest absolute Gasteiger partial charge is 0.494 e. The number of carbonyl (C=O) groups is 1. The van der Waals surface area contributed by atoms with Crippen molar-refractivity contribution in [3.63, 3.8) is 0 Å². The van der Waals surface area contributed by atoms with Crippen LogP contribution in [0.2, 0.25) is 0 Å². The van der Waals surface area contributed by atoms with Crippen molar-refractivity contribution in [2.75, 3.05) is 11.9 Å². The molecule has 0 spiro atoms. The van der Waals surface area contributed by atoms with Gasteiger partial charge in [0, 0.05) is 38.7 Å². The highest BCUT2D eigenvalue weighted by molar-refractivity contribution is 7.99. The number of carbonyl (C=O) groups excluding carboxylic acids is 1. The molecule has 3 aromatic carbocycles. The van der Waals surface area contributed by atoms with Gasteiger partial charge in [-0.1, -0.05) is 55.1 Å². The number of nitrogens with zero attached hydrogens (tertiary/aromatic N) is 2. The average Bonchev–Trinajstić information content (AvgIpc) is 3.41.